The quantitative estimate of drug-likeness (QED) is 0.854. The van der Waals surface area contributed by atoms with Crippen molar-refractivity contribution in [2.75, 3.05) is 0 Å². The number of hydrogen-bond donors (Lipinski definition) is 1. The lowest BCUT2D eigenvalue weighted by atomic mass is 9.94. The molecule has 20 heavy (non-hydrogen) atoms. The highest BCUT2D eigenvalue weighted by Gasteiger charge is 2.27. The summed E-state index contributed by atoms with van der Waals surface area (Å²) >= 11 is 0. The molecule has 0 aliphatic carbocycles. The molecule has 0 unspecified atom stereocenters. The van der Waals surface area contributed by atoms with Crippen LogP contribution in [0.2, 0.25) is 0 Å². The third kappa shape index (κ3) is 2.93. The van der Waals surface area contributed by atoms with Crippen LogP contribution >= 0.6 is 0 Å². The van der Waals surface area contributed by atoms with Crippen molar-refractivity contribution in [2.45, 2.75) is 33.3 Å². The Labute approximate surface area is 119 Å². The minimum absolute atomic E-state index is 0.216. The van der Waals surface area contributed by atoms with E-state index >= 15 is 0 Å². The second-order valence-electron chi connectivity index (χ2n) is 5.89. The number of phenolic OH excluding ortho intramolecular Hbond substituents is 1. The average molecular weight is 272 g/mol. The predicted molar refractivity (Wildman–Crippen MR) is 79.9 cm³/mol. The molecular formula is C17H20O3. The van der Waals surface area contributed by atoms with E-state index in [1.54, 1.807) is 30.3 Å². The van der Waals surface area contributed by atoms with Crippen LogP contribution in [0.5, 0.6) is 5.75 Å². The van der Waals surface area contributed by atoms with E-state index < -0.39 is 5.60 Å². The standard InChI is InChI=1S/C17H20O3/c1-11(2)17(3,4)20-16(19)14-6-5-13-10-15(18)8-7-12(13)9-14/h5-11,18H,1-4H3. The summed E-state index contributed by atoms with van der Waals surface area (Å²) < 4.78 is 5.57. The summed E-state index contributed by atoms with van der Waals surface area (Å²) in [5.41, 5.74) is 0.0259. The van der Waals surface area contributed by atoms with Crippen LogP contribution in [0.3, 0.4) is 0 Å². The highest BCUT2D eigenvalue weighted by molar-refractivity contribution is 5.95. The Hall–Kier alpha value is -2.03. The van der Waals surface area contributed by atoms with Gasteiger partial charge in [-0.05, 0) is 54.8 Å². The number of ether oxygens (including phenoxy) is 1. The summed E-state index contributed by atoms with van der Waals surface area (Å²) in [4.78, 5) is 12.2. The van der Waals surface area contributed by atoms with Crippen molar-refractivity contribution in [1.29, 1.82) is 0 Å². The highest BCUT2D eigenvalue weighted by atomic mass is 16.6. The number of hydrogen-bond acceptors (Lipinski definition) is 3. The molecule has 1 N–H and O–H groups in total. The summed E-state index contributed by atoms with van der Waals surface area (Å²) in [6.07, 6.45) is 0. The van der Waals surface area contributed by atoms with Gasteiger partial charge in [0, 0.05) is 0 Å². The fourth-order valence-electron chi connectivity index (χ4n) is 1.78. The summed E-state index contributed by atoms with van der Waals surface area (Å²) in [5.74, 6) is 0.135. The van der Waals surface area contributed by atoms with Crippen LogP contribution in [-0.2, 0) is 4.74 Å². The topological polar surface area (TPSA) is 46.5 Å². The molecule has 0 saturated heterocycles. The minimum atomic E-state index is -0.499. The lowest BCUT2D eigenvalue weighted by molar-refractivity contribution is -0.0222. The zero-order valence-corrected chi connectivity index (χ0v) is 12.3. The van der Waals surface area contributed by atoms with Gasteiger partial charge in [0.2, 0.25) is 0 Å². The second-order valence-corrected chi connectivity index (χ2v) is 5.89. The average Bonchev–Trinajstić information content (AvgIpc) is 2.37. The SMILES string of the molecule is CC(C)C(C)(C)OC(=O)c1ccc2cc(O)ccc2c1. The fraction of sp³-hybridized carbons (Fsp3) is 0.353. The van der Waals surface area contributed by atoms with Gasteiger partial charge in [-0.15, -0.1) is 0 Å². The third-order valence-corrected chi connectivity index (χ3v) is 3.81. The van der Waals surface area contributed by atoms with Crippen molar-refractivity contribution < 1.29 is 14.6 Å². The van der Waals surface area contributed by atoms with Gasteiger partial charge in [-0.3, -0.25) is 0 Å². The minimum Gasteiger partial charge on any atom is -0.508 e. The molecule has 2 rings (SSSR count). The molecule has 0 radical (unpaired) electrons. The molecular weight excluding hydrogens is 252 g/mol. The first kappa shape index (κ1) is 14.4. The van der Waals surface area contributed by atoms with Gasteiger partial charge in [-0.1, -0.05) is 26.0 Å². The Morgan fingerprint density at radius 1 is 1.10 bits per heavy atom. The molecule has 3 heteroatoms. The number of rotatable bonds is 3. The Morgan fingerprint density at radius 2 is 1.70 bits per heavy atom. The van der Waals surface area contributed by atoms with Crippen LogP contribution in [-0.4, -0.2) is 16.7 Å². The number of aromatic hydroxyl groups is 1. The molecule has 0 spiro atoms. The smallest absolute Gasteiger partial charge is 0.338 e. The summed E-state index contributed by atoms with van der Waals surface area (Å²) in [7, 11) is 0. The number of phenols is 1. The Morgan fingerprint density at radius 3 is 2.35 bits per heavy atom. The molecule has 0 aromatic heterocycles. The van der Waals surface area contributed by atoms with Gasteiger partial charge in [0.05, 0.1) is 5.56 Å². The number of carbonyl (C=O) groups is 1. The molecule has 2 aromatic carbocycles. The highest BCUT2D eigenvalue weighted by Crippen LogP contribution is 2.25. The van der Waals surface area contributed by atoms with E-state index in [9.17, 15) is 9.90 Å². The van der Waals surface area contributed by atoms with Crippen LogP contribution < -0.4 is 0 Å². The molecule has 0 fully saturated rings. The maximum Gasteiger partial charge on any atom is 0.338 e. The molecule has 0 amide bonds. The predicted octanol–water partition coefficient (Wildman–Crippen LogP) is 4.14. The lowest BCUT2D eigenvalue weighted by Gasteiger charge is -2.29. The number of esters is 1. The number of benzene rings is 2. The van der Waals surface area contributed by atoms with Crippen molar-refractivity contribution in [1.82, 2.24) is 0 Å². The second kappa shape index (κ2) is 5.16. The maximum atomic E-state index is 12.2. The molecule has 0 atom stereocenters. The summed E-state index contributed by atoms with van der Waals surface area (Å²) in [5, 5.41) is 11.2. The van der Waals surface area contributed by atoms with Crippen LogP contribution in [0.1, 0.15) is 38.1 Å². The van der Waals surface area contributed by atoms with Gasteiger partial charge in [0.15, 0.2) is 0 Å². The lowest BCUT2D eigenvalue weighted by Crippen LogP contribution is -2.33. The Balaban J connectivity index is 2.29. The molecule has 0 aliphatic rings. The van der Waals surface area contributed by atoms with Gasteiger partial charge in [-0.25, -0.2) is 4.79 Å². The van der Waals surface area contributed by atoms with E-state index in [0.717, 1.165) is 10.8 Å². The van der Waals surface area contributed by atoms with Crippen LogP contribution in [0.15, 0.2) is 36.4 Å². The van der Waals surface area contributed by atoms with E-state index in [1.165, 1.54) is 0 Å². The van der Waals surface area contributed by atoms with Crippen LogP contribution in [0.25, 0.3) is 10.8 Å². The normalized spacial score (nSPS) is 11.8. The van der Waals surface area contributed by atoms with Crippen molar-refractivity contribution >= 4 is 16.7 Å². The molecule has 0 saturated carbocycles. The summed E-state index contributed by atoms with van der Waals surface area (Å²) in [6.45, 7) is 7.87. The van der Waals surface area contributed by atoms with E-state index in [4.69, 9.17) is 4.74 Å². The number of fused-ring (bicyclic) bond motifs is 1. The van der Waals surface area contributed by atoms with Crippen molar-refractivity contribution in [3.8, 4) is 5.75 Å². The first-order chi connectivity index (χ1) is 9.29. The van der Waals surface area contributed by atoms with E-state index in [-0.39, 0.29) is 17.6 Å². The van der Waals surface area contributed by atoms with Crippen molar-refractivity contribution in [3.05, 3.63) is 42.0 Å². The van der Waals surface area contributed by atoms with E-state index in [0.29, 0.717) is 5.56 Å². The molecule has 3 nitrogen and oxygen atoms in total. The number of carbonyl (C=O) groups excluding carboxylic acids is 1. The zero-order chi connectivity index (χ0) is 14.9. The van der Waals surface area contributed by atoms with Crippen LogP contribution in [0.4, 0.5) is 0 Å². The zero-order valence-electron chi connectivity index (χ0n) is 12.3. The Kier molecular flexibility index (Phi) is 3.71. The van der Waals surface area contributed by atoms with Gasteiger partial charge in [0.1, 0.15) is 11.4 Å². The van der Waals surface area contributed by atoms with Crippen LogP contribution in [0, 0.1) is 5.92 Å². The molecule has 106 valence electrons. The first-order valence-electron chi connectivity index (χ1n) is 6.76. The third-order valence-electron chi connectivity index (χ3n) is 3.81. The first-order valence-corrected chi connectivity index (χ1v) is 6.76. The fourth-order valence-corrected chi connectivity index (χ4v) is 1.78. The van der Waals surface area contributed by atoms with Crippen molar-refractivity contribution in [2.24, 2.45) is 5.92 Å². The molecule has 0 bridgehead atoms. The maximum absolute atomic E-state index is 12.2. The summed E-state index contributed by atoms with van der Waals surface area (Å²) in [6, 6.07) is 10.4. The van der Waals surface area contributed by atoms with Gasteiger partial charge in [0.25, 0.3) is 0 Å². The molecule has 0 heterocycles. The van der Waals surface area contributed by atoms with E-state index in [1.807, 2.05) is 33.8 Å². The monoisotopic (exact) mass is 272 g/mol. The molecule has 2 aromatic rings. The van der Waals surface area contributed by atoms with Gasteiger partial charge in [-0.2, -0.15) is 0 Å². The largest absolute Gasteiger partial charge is 0.508 e. The van der Waals surface area contributed by atoms with E-state index in [2.05, 4.69) is 0 Å². The van der Waals surface area contributed by atoms with Gasteiger partial charge >= 0.3 is 5.97 Å². The van der Waals surface area contributed by atoms with Gasteiger partial charge < -0.3 is 9.84 Å². The molecule has 0 aliphatic heterocycles. The van der Waals surface area contributed by atoms with Crippen molar-refractivity contribution in [3.63, 3.8) is 0 Å². The Bertz CT molecular complexity index is 642.